The number of carbonyl (C=O) groups is 1. The summed E-state index contributed by atoms with van der Waals surface area (Å²) in [7, 11) is 0. The molecule has 0 unspecified atom stereocenters. The van der Waals surface area contributed by atoms with E-state index in [0.717, 1.165) is 28.1 Å². The van der Waals surface area contributed by atoms with Crippen LogP contribution in [0.25, 0.3) is 10.4 Å². The highest BCUT2D eigenvalue weighted by atomic mass is 32.1. The van der Waals surface area contributed by atoms with E-state index in [1.165, 1.54) is 11.3 Å². The van der Waals surface area contributed by atoms with Gasteiger partial charge in [-0.3, -0.25) is 4.79 Å². The fourth-order valence-electron chi connectivity index (χ4n) is 1.95. The van der Waals surface area contributed by atoms with Gasteiger partial charge in [-0.1, -0.05) is 36.4 Å². The molecule has 0 aliphatic heterocycles. The number of nitrogens with zero attached hydrogens (tertiary/aromatic N) is 1. The Morgan fingerprint density at radius 2 is 1.75 bits per heavy atom. The lowest BCUT2D eigenvalue weighted by molar-refractivity contribution is 0.112. The quantitative estimate of drug-likeness (QED) is 0.722. The number of anilines is 2. The van der Waals surface area contributed by atoms with E-state index < -0.39 is 0 Å². The Morgan fingerprint density at radius 3 is 2.50 bits per heavy atom. The van der Waals surface area contributed by atoms with Crippen LogP contribution in [0.3, 0.4) is 0 Å². The summed E-state index contributed by atoms with van der Waals surface area (Å²) in [5.41, 5.74) is 3.07. The summed E-state index contributed by atoms with van der Waals surface area (Å²) in [6.45, 7) is 0. The second-order valence-corrected chi connectivity index (χ2v) is 5.28. The van der Waals surface area contributed by atoms with E-state index in [9.17, 15) is 4.79 Å². The monoisotopic (exact) mass is 280 g/mol. The zero-order valence-corrected chi connectivity index (χ0v) is 11.4. The van der Waals surface area contributed by atoms with Crippen LogP contribution in [-0.4, -0.2) is 11.3 Å². The zero-order valence-electron chi connectivity index (χ0n) is 10.6. The Bertz CT molecular complexity index is 722. The van der Waals surface area contributed by atoms with Crippen LogP contribution in [0.15, 0.2) is 60.8 Å². The maximum absolute atomic E-state index is 10.8. The third-order valence-electron chi connectivity index (χ3n) is 2.87. The van der Waals surface area contributed by atoms with Crippen molar-refractivity contribution in [3.05, 3.63) is 65.8 Å². The number of benzene rings is 2. The average Bonchev–Trinajstić information content (AvgIpc) is 2.98. The van der Waals surface area contributed by atoms with Crippen molar-refractivity contribution in [1.82, 2.24) is 4.98 Å². The standard InChI is InChI=1S/C16H12N2OS/c19-11-16-17-10-15(20-16)13-8-4-5-9-14(13)18-12-6-2-1-3-7-12/h1-11,18H. The summed E-state index contributed by atoms with van der Waals surface area (Å²) in [6.07, 6.45) is 2.52. The van der Waals surface area contributed by atoms with Gasteiger partial charge in [-0.05, 0) is 18.2 Å². The van der Waals surface area contributed by atoms with E-state index >= 15 is 0 Å². The van der Waals surface area contributed by atoms with Crippen LogP contribution in [0.4, 0.5) is 11.4 Å². The van der Waals surface area contributed by atoms with E-state index in [4.69, 9.17) is 0 Å². The minimum absolute atomic E-state index is 0.495. The van der Waals surface area contributed by atoms with Crippen LogP contribution in [0.5, 0.6) is 0 Å². The number of hydrogen-bond acceptors (Lipinski definition) is 4. The van der Waals surface area contributed by atoms with Crippen LogP contribution in [0.1, 0.15) is 9.80 Å². The molecule has 0 amide bonds. The lowest BCUT2D eigenvalue weighted by Crippen LogP contribution is -1.91. The second-order valence-electron chi connectivity index (χ2n) is 4.22. The minimum atomic E-state index is 0.495. The van der Waals surface area contributed by atoms with Crippen LogP contribution in [0, 0.1) is 0 Å². The Morgan fingerprint density at radius 1 is 1.00 bits per heavy atom. The molecule has 2 aromatic carbocycles. The molecule has 0 spiro atoms. The molecule has 0 aliphatic rings. The molecule has 3 rings (SSSR count). The summed E-state index contributed by atoms with van der Waals surface area (Å²) < 4.78 is 0. The molecule has 0 radical (unpaired) electrons. The van der Waals surface area contributed by atoms with Gasteiger partial charge in [0.25, 0.3) is 0 Å². The summed E-state index contributed by atoms with van der Waals surface area (Å²) in [6, 6.07) is 18.0. The fourth-order valence-corrected chi connectivity index (χ4v) is 2.72. The van der Waals surface area contributed by atoms with Crippen LogP contribution >= 0.6 is 11.3 Å². The first kappa shape index (κ1) is 12.6. The third-order valence-corrected chi connectivity index (χ3v) is 3.83. The second kappa shape index (κ2) is 5.67. The van der Waals surface area contributed by atoms with Crippen LogP contribution in [-0.2, 0) is 0 Å². The Labute approximate surface area is 120 Å². The van der Waals surface area contributed by atoms with Crippen molar-refractivity contribution >= 4 is 29.0 Å². The lowest BCUT2D eigenvalue weighted by atomic mass is 10.1. The molecule has 0 saturated heterocycles. The predicted octanol–water partition coefficient (Wildman–Crippen LogP) is 4.37. The number of para-hydroxylation sites is 2. The van der Waals surface area contributed by atoms with E-state index in [-0.39, 0.29) is 0 Å². The number of aldehydes is 1. The Hall–Kier alpha value is -2.46. The van der Waals surface area contributed by atoms with Gasteiger partial charge >= 0.3 is 0 Å². The van der Waals surface area contributed by atoms with Crippen molar-refractivity contribution in [3.8, 4) is 10.4 Å². The van der Waals surface area contributed by atoms with Gasteiger partial charge in [0.05, 0.1) is 4.88 Å². The molecular weight excluding hydrogens is 268 g/mol. The van der Waals surface area contributed by atoms with Crippen molar-refractivity contribution in [2.45, 2.75) is 0 Å². The number of aromatic nitrogens is 1. The maximum Gasteiger partial charge on any atom is 0.178 e. The molecule has 98 valence electrons. The molecule has 1 N–H and O–H groups in total. The molecule has 0 atom stereocenters. The number of thiazole rings is 1. The molecule has 3 aromatic rings. The highest BCUT2D eigenvalue weighted by molar-refractivity contribution is 7.16. The van der Waals surface area contributed by atoms with Gasteiger partial charge < -0.3 is 5.32 Å². The zero-order chi connectivity index (χ0) is 13.8. The maximum atomic E-state index is 10.8. The number of hydrogen-bond donors (Lipinski definition) is 1. The molecule has 0 saturated carbocycles. The topological polar surface area (TPSA) is 42.0 Å². The molecule has 0 aliphatic carbocycles. The van der Waals surface area contributed by atoms with E-state index in [1.54, 1.807) is 6.20 Å². The first-order valence-corrected chi connectivity index (χ1v) is 7.01. The SMILES string of the molecule is O=Cc1ncc(-c2ccccc2Nc2ccccc2)s1. The van der Waals surface area contributed by atoms with Gasteiger partial charge in [-0.25, -0.2) is 4.98 Å². The van der Waals surface area contributed by atoms with E-state index in [2.05, 4.69) is 10.3 Å². The summed E-state index contributed by atoms with van der Waals surface area (Å²) in [5.74, 6) is 0. The van der Waals surface area contributed by atoms with E-state index in [1.807, 2.05) is 54.6 Å². The van der Waals surface area contributed by atoms with Gasteiger partial charge in [0, 0.05) is 23.1 Å². The normalized spacial score (nSPS) is 10.2. The molecule has 4 heteroatoms. The van der Waals surface area contributed by atoms with E-state index in [0.29, 0.717) is 5.01 Å². The van der Waals surface area contributed by atoms with Gasteiger partial charge in [0.2, 0.25) is 0 Å². The van der Waals surface area contributed by atoms with Crippen molar-refractivity contribution < 1.29 is 4.79 Å². The molecule has 0 fully saturated rings. The largest absolute Gasteiger partial charge is 0.355 e. The van der Waals surface area contributed by atoms with Crippen molar-refractivity contribution in [3.63, 3.8) is 0 Å². The first-order valence-electron chi connectivity index (χ1n) is 6.19. The smallest absolute Gasteiger partial charge is 0.178 e. The minimum Gasteiger partial charge on any atom is -0.355 e. The number of rotatable bonds is 4. The Balaban J connectivity index is 1.98. The van der Waals surface area contributed by atoms with Gasteiger partial charge in [-0.15, -0.1) is 11.3 Å². The molecular formula is C16H12N2OS. The number of nitrogens with one attached hydrogen (secondary N) is 1. The van der Waals surface area contributed by atoms with Crippen molar-refractivity contribution in [2.75, 3.05) is 5.32 Å². The van der Waals surface area contributed by atoms with Gasteiger partial charge in [-0.2, -0.15) is 0 Å². The summed E-state index contributed by atoms with van der Waals surface area (Å²) in [5, 5.41) is 3.88. The molecule has 1 heterocycles. The summed E-state index contributed by atoms with van der Waals surface area (Å²) >= 11 is 1.39. The van der Waals surface area contributed by atoms with Gasteiger partial charge in [0.15, 0.2) is 11.3 Å². The highest BCUT2D eigenvalue weighted by Crippen LogP contribution is 2.33. The first-order chi connectivity index (χ1) is 9.86. The van der Waals surface area contributed by atoms with Crippen LogP contribution < -0.4 is 5.32 Å². The third kappa shape index (κ3) is 2.60. The molecule has 1 aromatic heterocycles. The van der Waals surface area contributed by atoms with Gasteiger partial charge in [0.1, 0.15) is 0 Å². The fraction of sp³-hybridized carbons (Fsp3) is 0. The lowest BCUT2D eigenvalue weighted by Gasteiger charge is -2.10. The van der Waals surface area contributed by atoms with Crippen molar-refractivity contribution in [2.24, 2.45) is 0 Å². The summed E-state index contributed by atoms with van der Waals surface area (Å²) in [4.78, 5) is 15.8. The predicted molar refractivity (Wildman–Crippen MR) is 82.7 cm³/mol. The highest BCUT2D eigenvalue weighted by Gasteiger charge is 2.08. The molecule has 0 bridgehead atoms. The van der Waals surface area contributed by atoms with Crippen LogP contribution in [0.2, 0.25) is 0 Å². The molecule has 20 heavy (non-hydrogen) atoms. The van der Waals surface area contributed by atoms with Crippen molar-refractivity contribution in [1.29, 1.82) is 0 Å². The average molecular weight is 280 g/mol. The molecule has 3 nitrogen and oxygen atoms in total. The Kier molecular flexibility index (Phi) is 3.56. The number of carbonyl (C=O) groups excluding carboxylic acids is 1.